The van der Waals surface area contributed by atoms with Gasteiger partial charge in [0, 0.05) is 0 Å². The van der Waals surface area contributed by atoms with Crippen LogP contribution in [-0.4, -0.2) is 22.7 Å². The molecule has 0 bridgehead atoms. The van der Waals surface area contributed by atoms with Crippen LogP contribution >= 0.6 is 27.3 Å². The first-order chi connectivity index (χ1) is 10.8. The number of carbonyl (C=O) groups excluding carboxylic acids is 1. The number of ether oxygens (including phenoxy) is 1. The highest BCUT2D eigenvalue weighted by atomic mass is 79.9. The molecule has 0 saturated carbocycles. The Bertz CT molecular complexity index is 695. The predicted octanol–water partition coefficient (Wildman–Crippen LogP) is 4.18. The normalized spacial score (nSPS) is 11.3. The maximum absolute atomic E-state index is 11.9. The number of carbonyl (C=O) groups is 1. The second kappa shape index (κ2) is 7.40. The summed E-state index contributed by atoms with van der Waals surface area (Å²) in [4.78, 5) is 11.9. The molecule has 124 valence electrons. The molecule has 0 aliphatic rings. The van der Waals surface area contributed by atoms with Gasteiger partial charge in [0.05, 0.1) is 4.47 Å². The number of nitrogens with one attached hydrogen (secondary N) is 1. The van der Waals surface area contributed by atoms with E-state index in [9.17, 15) is 4.79 Å². The summed E-state index contributed by atoms with van der Waals surface area (Å²) in [6.45, 7) is 8.36. The van der Waals surface area contributed by atoms with Gasteiger partial charge < -0.3 is 4.74 Å². The van der Waals surface area contributed by atoms with Crippen LogP contribution in [0.3, 0.4) is 0 Å². The Kier molecular flexibility index (Phi) is 5.75. The van der Waals surface area contributed by atoms with Gasteiger partial charge >= 0.3 is 0 Å². The maximum Gasteiger partial charge on any atom is 0.264 e. The summed E-state index contributed by atoms with van der Waals surface area (Å²) in [6, 6.07) is 5.90. The van der Waals surface area contributed by atoms with Crippen molar-refractivity contribution in [3.05, 3.63) is 33.2 Å². The minimum atomic E-state index is -0.254. The molecule has 0 radical (unpaired) electrons. The lowest BCUT2D eigenvalue weighted by Gasteiger charge is -2.20. The Hall–Kier alpha value is -1.47. The van der Waals surface area contributed by atoms with Crippen LogP contribution in [0.15, 0.2) is 22.7 Å². The monoisotopic (exact) mass is 397 g/mol. The molecule has 1 aromatic heterocycles. The molecular formula is C16H20BrN3O2S. The Morgan fingerprint density at radius 1 is 1.35 bits per heavy atom. The second-order valence-electron chi connectivity index (χ2n) is 6.09. The fraction of sp³-hybridized carbons (Fsp3) is 0.438. The van der Waals surface area contributed by atoms with E-state index >= 15 is 0 Å². The van der Waals surface area contributed by atoms with E-state index in [0.717, 1.165) is 15.9 Å². The van der Waals surface area contributed by atoms with Crippen LogP contribution in [0.5, 0.6) is 5.75 Å². The molecule has 0 aliphatic heterocycles. The van der Waals surface area contributed by atoms with Gasteiger partial charge in [0.15, 0.2) is 6.61 Å². The zero-order chi connectivity index (χ0) is 17.0. The number of anilines is 1. The maximum atomic E-state index is 11.9. The minimum Gasteiger partial charge on any atom is -0.483 e. The molecule has 0 spiro atoms. The molecule has 0 atom stereocenters. The first-order valence-corrected chi connectivity index (χ1v) is 8.95. The highest BCUT2D eigenvalue weighted by molar-refractivity contribution is 9.10. The number of halogens is 1. The topological polar surface area (TPSA) is 64.1 Å². The summed E-state index contributed by atoms with van der Waals surface area (Å²) in [5.41, 5.74) is 1.26. The smallest absolute Gasteiger partial charge is 0.264 e. The largest absolute Gasteiger partial charge is 0.483 e. The van der Waals surface area contributed by atoms with Crippen molar-refractivity contribution in [3.8, 4) is 5.75 Å². The molecule has 1 N–H and O–H groups in total. The second-order valence-corrected chi connectivity index (χ2v) is 8.00. The molecule has 5 nitrogen and oxygen atoms in total. The number of hydrogen-bond acceptors (Lipinski definition) is 5. The lowest BCUT2D eigenvalue weighted by atomic mass is 9.87. The van der Waals surface area contributed by atoms with Crippen molar-refractivity contribution in [1.29, 1.82) is 0 Å². The summed E-state index contributed by atoms with van der Waals surface area (Å²) in [7, 11) is 0. The van der Waals surface area contributed by atoms with E-state index in [-0.39, 0.29) is 17.9 Å². The van der Waals surface area contributed by atoms with Gasteiger partial charge in [-0.1, -0.05) is 45.1 Å². The summed E-state index contributed by atoms with van der Waals surface area (Å²) in [5.74, 6) is 0.385. The van der Waals surface area contributed by atoms with E-state index < -0.39 is 0 Å². The predicted molar refractivity (Wildman–Crippen MR) is 96.3 cm³/mol. The average molecular weight is 398 g/mol. The minimum absolute atomic E-state index is 0.0627. The molecule has 0 fully saturated rings. The van der Waals surface area contributed by atoms with Gasteiger partial charge in [0.1, 0.15) is 10.8 Å². The van der Waals surface area contributed by atoms with E-state index in [4.69, 9.17) is 4.74 Å². The van der Waals surface area contributed by atoms with Crippen LogP contribution in [0, 0.1) is 0 Å². The molecule has 0 unspecified atom stereocenters. The molecule has 1 heterocycles. The summed E-state index contributed by atoms with van der Waals surface area (Å²) in [5, 5.41) is 11.9. The van der Waals surface area contributed by atoms with Crippen molar-refractivity contribution < 1.29 is 9.53 Å². The van der Waals surface area contributed by atoms with Crippen molar-refractivity contribution in [2.75, 3.05) is 11.9 Å². The Morgan fingerprint density at radius 3 is 2.65 bits per heavy atom. The first-order valence-electron chi connectivity index (χ1n) is 7.34. The molecule has 1 amide bonds. The third-order valence-corrected chi connectivity index (χ3v) is 4.78. The quantitative estimate of drug-likeness (QED) is 0.821. The lowest BCUT2D eigenvalue weighted by molar-refractivity contribution is -0.118. The molecule has 0 aliphatic carbocycles. The zero-order valence-corrected chi connectivity index (χ0v) is 16.0. The zero-order valence-electron chi connectivity index (χ0n) is 13.6. The van der Waals surface area contributed by atoms with Gasteiger partial charge in [-0.25, -0.2) is 0 Å². The third kappa shape index (κ3) is 5.00. The average Bonchev–Trinajstić information content (AvgIpc) is 2.92. The van der Waals surface area contributed by atoms with E-state index in [1.165, 1.54) is 16.9 Å². The first kappa shape index (κ1) is 17.9. The molecule has 1 aromatic carbocycles. The Balaban J connectivity index is 1.93. The van der Waals surface area contributed by atoms with Gasteiger partial charge in [-0.2, -0.15) is 0 Å². The van der Waals surface area contributed by atoms with Crippen molar-refractivity contribution >= 4 is 38.3 Å². The summed E-state index contributed by atoms with van der Waals surface area (Å²) in [6.07, 6.45) is 0.803. The number of nitrogens with zero attached hydrogens (tertiary/aromatic N) is 2. The van der Waals surface area contributed by atoms with Crippen LogP contribution in [-0.2, 0) is 16.6 Å². The number of amides is 1. The van der Waals surface area contributed by atoms with E-state index in [0.29, 0.717) is 10.9 Å². The molecule has 2 aromatic rings. The van der Waals surface area contributed by atoms with Crippen LogP contribution in [0.4, 0.5) is 5.13 Å². The highest BCUT2D eigenvalue weighted by Crippen LogP contribution is 2.31. The van der Waals surface area contributed by atoms with E-state index in [1.807, 2.05) is 25.1 Å². The van der Waals surface area contributed by atoms with Gasteiger partial charge in [-0.3, -0.25) is 10.1 Å². The number of rotatable bonds is 5. The van der Waals surface area contributed by atoms with E-state index in [2.05, 4.69) is 52.2 Å². The van der Waals surface area contributed by atoms with Gasteiger partial charge in [0.25, 0.3) is 5.91 Å². The third-order valence-electron chi connectivity index (χ3n) is 3.17. The molecular weight excluding hydrogens is 378 g/mol. The van der Waals surface area contributed by atoms with Crippen LogP contribution < -0.4 is 10.1 Å². The number of aromatic nitrogens is 2. The van der Waals surface area contributed by atoms with Crippen molar-refractivity contribution in [1.82, 2.24) is 10.2 Å². The molecule has 0 saturated heterocycles. The van der Waals surface area contributed by atoms with Gasteiger partial charge in [-0.15, -0.1) is 10.2 Å². The summed E-state index contributed by atoms with van der Waals surface area (Å²) >= 11 is 4.86. The highest BCUT2D eigenvalue weighted by Gasteiger charge is 2.16. The SMILES string of the molecule is CCc1nnc(NC(=O)COc2ccc(C(C)(C)C)cc2Br)s1. The molecule has 7 heteroatoms. The van der Waals surface area contributed by atoms with Gasteiger partial charge in [0.2, 0.25) is 5.13 Å². The standard InChI is InChI=1S/C16H20BrN3O2S/c1-5-14-19-20-15(23-14)18-13(21)9-22-12-7-6-10(8-11(12)17)16(2,3)4/h6-8H,5,9H2,1-4H3,(H,18,20,21). The number of hydrogen-bond donors (Lipinski definition) is 1. The number of benzene rings is 1. The Morgan fingerprint density at radius 2 is 2.09 bits per heavy atom. The molecule has 23 heavy (non-hydrogen) atoms. The van der Waals surface area contributed by atoms with Crippen molar-refractivity contribution in [3.63, 3.8) is 0 Å². The fourth-order valence-electron chi connectivity index (χ4n) is 1.83. The van der Waals surface area contributed by atoms with Crippen LogP contribution in [0.25, 0.3) is 0 Å². The summed E-state index contributed by atoms with van der Waals surface area (Å²) < 4.78 is 6.40. The fourth-order valence-corrected chi connectivity index (χ4v) is 3.02. The number of aryl methyl sites for hydroxylation is 1. The Labute approximate surface area is 148 Å². The van der Waals surface area contributed by atoms with E-state index in [1.54, 1.807) is 0 Å². The van der Waals surface area contributed by atoms with Gasteiger partial charge in [-0.05, 0) is 45.5 Å². The van der Waals surface area contributed by atoms with Crippen LogP contribution in [0.2, 0.25) is 0 Å². The van der Waals surface area contributed by atoms with Crippen molar-refractivity contribution in [2.24, 2.45) is 0 Å². The van der Waals surface area contributed by atoms with Crippen molar-refractivity contribution in [2.45, 2.75) is 39.5 Å². The van der Waals surface area contributed by atoms with Crippen LogP contribution in [0.1, 0.15) is 38.3 Å². The lowest BCUT2D eigenvalue weighted by Crippen LogP contribution is -2.20. The molecule has 2 rings (SSSR count).